The fourth-order valence-corrected chi connectivity index (χ4v) is 3.76. The first-order valence-corrected chi connectivity index (χ1v) is 10.4. The number of methoxy groups -OCH3 is 2. The minimum Gasteiger partial charge on any atom is -0.493 e. The van der Waals surface area contributed by atoms with Crippen molar-refractivity contribution in [2.45, 2.75) is 20.4 Å². The maximum absolute atomic E-state index is 13.4. The van der Waals surface area contributed by atoms with Crippen molar-refractivity contribution in [1.82, 2.24) is 4.57 Å². The molecule has 4 rings (SSSR count). The van der Waals surface area contributed by atoms with Gasteiger partial charge < -0.3 is 14.0 Å². The molecule has 32 heavy (non-hydrogen) atoms. The number of hydrogen-bond acceptors (Lipinski definition) is 4. The minimum atomic E-state index is -0.327. The van der Waals surface area contributed by atoms with E-state index in [1.54, 1.807) is 37.6 Å². The molecule has 0 aliphatic rings. The van der Waals surface area contributed by atoms with Crippen molar-refractivity contribution in [3.63, 3.8) is 0 Å². The van der Waals surface area contributed by atoms with Crippen LogP contribution in [0.1, 0.15) is 32.6 Å². The summed E-state index contributed by atoms with van der Waals surface area (Å²) in [5, 5.41) is 0.410. The van der Waals surface area contributed by atoms with E-state index in [1.165, 1.54) is 12.7 Å². The average Bonchev–Trinajstić information content (AvgIpc) is 2.81. The van der Waals surface area contributed by atoms with Gasteiger partial charge in [0.25, 0.3) is 0 Å². The maximum Gasteiger partial charge on any atom is 0.200 e. The van der Waals surface area contributed by atoms with Crippen LogP contribution < -0.4 is 14.9 Å². The fourth-order valence-electron chi connectivity index (χ4n) is 3.76. The molecule has 0 aliphatic heterocycles. The van der Waals surface area contributed by atoms with Gasteiger partial charge in [-0.05, 0) is 25.5 Å². The number of hydrogen-bond donors (Lipinski definition) is 0. The minimum absolute atomic E-state index is 0.126. The standard InChI is InChI=1S/C27H25NO4/c1-17-5-9-19(10-6-17)15-28-16-22(26(29)20-11-7-18(2)8-12-20)27(30)21-13-24(31-3)25(32-4)14-23(21)28/h5-14,16H,15H2,1-4H3. The third-order valence-electron chi connectivity index (χ3n) is 5.62. The van der Waals surface area contributed by atoms with Crippen LogP contribution in [0.5, 0.6) is 11.5 Å². The molecule has 0 bridgehead atoms. The molecule has 0 spiro atoms. The van der Waals surface area contributed by atoms with Crippen molar-refractivity contribution in [2.75, 3.05) is 14.2 Å². The van der Waals surface area contributed by atoms with Crippen molar-refractivity contribution in [1.29, 1.82) is 0 Å². The van der Waals surface area contributed by atoms with Crippen LogP contribution >= 0.6 is 0 Å². The van der Waals surface area contributed by atoms with Crippen molar-refractivity contribution < 1.29 is 14.3 Å². The first-order valence-electron chi connectivity index (χ1n) is 10.4. The van der Waals surface area contributed by atoms with Gasteiger partial charge in [0, 0.05) is 24.4 Å². The lowest BCUT2D eigenvalue weighted by molar-refractivity contribution is 0.103. The molecule has 0 N–H and O–H groups in total. The van der Waals surface area contributed by atoms with E-state index in [4.69, 9.17) is 9.47 Å². The van der Waals surface area contributed by atoms with E-state index in [9.17, 15) is 9.59 Å². The molecular weight excluding hydrogens is 402 g/mol. The number of carbonyl (C=O) groups is 1. The molecule has 0 atom stereocenters. The first kappa shape index (κ1) is 21.4. The molecule has 0 radical (unpaired) electrons. The number of benzene rings is 3. The molecule has 5 heteroatoms. The number of pyridine rings is 1. The van der Waals surface area contributed by atoms with Crippen LogP contribution in [-0.2, 0) is 6.54 Å². The molecule has 0 saturated carbocycles. The lowest BCUT2D eigenvalue weighted by Crippen LogP contribution is -2.20. The number of rotatable bonds is 6. The van der Waals surface area contributed by atoms with E-state index >= 15 is 0 Å². The summed E-state index contributed by atoms with van der Waals surface area (Å²) in [6.07, 6.45) is 1.65. The smallest absolute Gasteiger partial charge is 0.200 e. The van der Waals surface area contributed by atoms with Crippen LogP contribution in [0.25, 0.3) is 10.9 Å². The van der Waals surface area contributed by atoms with Crippen LogP contribution in [-0.4, -0.2) is 24.6 Å². The summed E-state index contributed by atoms with van der Waals surface area (Å²) in [5.41, 5.74) is 4.23. The molecule has 0 aliphatic carbocycles. The second-order valence-electron chi connectivity index (χ2n) is 7.90. The number of aromatic nitrogens is 1. The normalized spacial score (nSPS) is 10.9. The van der Waals surface area contributed by atoms with Crippen molar-refractivity contribution in [3.8, 4) is 11.5 Å². The Morgan fingerprint density at radius 1 is 0.844 bits per heavy atom. The Bertz CT molecular complexity index is 1350. The van der Waals surface area contributed by atoms with Gasteiger partial charge in [0.05, 0.1) is 30.7 Å². The van der Waals surface area contributed by atoms with Gasteiger partial charge >= 0.3 is 0 Å². The zero-order valence-electron chi connectivity index (χ0n) is 18.6. The maximum atomic E-state index is 13.4. The summed E-state index contributed by atoms with van der Waals surface area (Å²) in [4.78, 5) is 26.7. The van der Waals surface area contributed by atoms with Gasteiger partial charge in [-0.1, -0.05) is 59.7 Å². The van der Waals surface area contributed by atoms with Crippen LogP contribution in [0.15, 0.2) is 71.7 Å². The number of carbonyl (C=O) groups excluding carboxylic acids is 1. The first-order chi connectivity index (χ1) is 15.4. The zero-order chi connectivity index (χ0) is 22.8. The Balaban J connectivity index is 1.95. The fraction of sp³-hybridized carbons (Fsp3) is 0.185. The highest BCUT2D eigenvalue weighted by molar-refractivity contribution is 6.10. The lowest BCUT2D eigenvalue weighted by atomic mass is 10.0. The van der Waals surface area contributed by atoms with E-state index in [1.807, 2.05) is 54.8 Å². The Labute approximate surface area is 186 Å². The zero-order valence-corrected chi connectivity index (χ0v) is 18.6. The monoisotopic (exact) mass is 427 g/mol. The van der Waals surface area contributed by atoms with E-state index in [0.717, 1.165) is 11.1 Å². The molecular formula is C27H25NO4. The van der Waals surface area contributed by atoms with E-state index in [0.29, 0.717) is 34.5 Å². The Kier molecular flexibility index (Phi) is 5.82. The Hall–Kier alpha value is -3.86. The quantitative estimate of drug-likeness (QED) is 0.410. The van der Waals surface area contributed by atoms with Gasteiger partial charge in [0.1, 0.15) is 0 Å². The Morgan fingerprint density at radius 2 is 1.41 bits per heavy atom. The number of ketones is 1. The van der Waals surface area contributed by atoms with Crippen molar-refractivity contribution >= 4 is 16.7 Å². The highest BCUT2D eigenvalue weighted by atomic mass is 16.5. The largest absolute Gasteiger partial charge is 0.493 e. The van der Waals surface area contributed by atoms with Crippen molar-refractivity contribution in [3.05, 3.63) is 105 Å². The molecule has 5 nitrogen and oxygen atoms in total. The SMILES string of the molecule is COc1cc2c(=O)c(C(=O)c3ccc(C)cc3)cn(Cc3ccc(C)cc3)c2cc1OC. The molecule has 0 saturated heterocycles. The Morgan fingerprint density at radius 3 is 2.00 bits per heavy atom. The highest BCUT2D eigenvalue weighted by Gasteiger charge is 2.19. The summed E-state index contributed by atoms with van der Waals surface area (Å²) in [7, 11) is 3.08. The van der Waals surface area contributed by atoms with Gasteiger partial charge in [-0.2, -0.15) is 0 Å². The van der Waals surface area contributed by atoms with Gasteiger partial charge in [0.15, 0.2) is 17.3 Å². The predicted molar refractivity (Wildman–Crippen MR) is 126 cm³/mol. The third-order valence-corrected chi connectivity index (χ3v) is 5.62. The number of ether oxygens (including phenoxy) is 2. The third kappa shape index (κ3) is 4.02. The molecule has 0 unspecified atom stereocenters. The number of aryl methyl sites for hydroxylation is 2. The molecule has 4 aromatic rings. The van der Waals surface area contributed by atoms with Crippen LogP contribution in [0.3, 0.4) is 0 Å². The van der Waals surface area contributed by atoms with Gasteiger partial charge in [-0.25, -0.2) is 0 Å². The number of nitrogens with zero attached hydrogens (tertiary/aromatic N) is 1. The summed E-state index contributed by atoms with van der Waals surface area (Å²) < 4.78 is 12.8. The molecule has 162 valence electrons. The molecule has 1 heterocycles. The summed E-state index contributed by atoms with van der Waals surface area (Å²) in [6.45, 7) is 4.49. The molecule has 3 aromatic carbocycles. The van der Waals surface area contributed by atoms with Gasteiger partial charge in [-0.15, -0.1) is 0 Å². The summed E-state index contributed by atoms with van der Waals surface area (Å²) in [6, 6.07) is 18.8. The molecule has 0 amide bonds. The van der Waals surface area contributed by atoms with E-state index < -0.39 is 0 Å². The lowest BCUT2D eigenvalue weighted by Gasteiger charge is -2.16. The van der Waals surface area contributed by atoms with Gasteiger partial charge in [-0.3, -0.25) is 9.59 Å². The molecule has 1 aromatic heterocycles. The predicted octanol–water partition coefficient (Wildman–Crippen LogP) is 4.91. The average molecular weight is 428 g/mol. The second kappa shape index (κ2) is 8.71. The number of fused-ring (bicyclic) bond motifs is 1. The van der Waals surface area contributed by atoms with Crippen LogP contribution in [0, 0.1) is 13.8 Å². The summed E-state index contributed by atoms with van der Waals surface area (Å²) in [5.74, 6) is 0.665. The van der Waals surface area contributed by atoms with Crippen molar-refractivity contribution in [2.24, 2.45) is 0 Å². The second-order valence-corrected chi connectivity index (χ2v) is 7.90. The van der Waals surface area contributed by atoms with E-state index in [-0.39, 0.29) is 16.8 Å². The van der Waals surface area contributed by atoms with E-state index in [2.05, 4.69) is 0 Å². The van der Waals surface area contributed by atoms with Crippen LogP contribution in [0.2, 0.25) is 0 Å². The molecule has 0 fully saturated rings. The van der Waals surface area contributed by atoms with Crippen LogP contribution in [0.4, 0.5) is 0 Å². The summed E-state index contributed by atoms with van der Waals surface area (Å²) >= 11 is 0. The highest BCUT2D eigenvalue weighted by Crippen LogP contribution is 2.31. The van der Waals surface area contributed by atoms with Gasteiger partial charge in [0.2, 0.25) is 5.43 Å². The topological polar surface area (TPSA) is 57.5 Å².